The minimum absolute atomic E-state index is 0.0114. The number of H-pyrrole nitrogens is 1. The van der Waals surface area contributed by atoms with Crippen molar-refractivity contribution in [1.29, 1.82) is 0 Å². The third kappa shape index (κ3) is 4.05. The van der Waals surface area contributed by atoms with E-state index in [1.807, 2.05) is 45.9 Å². The predicted octanol–water partition coefficient (Wildman–Crippen LogP) is 3.34. The number of aryl methyl sites for hydroxylation is 3. The van der Waals surface area contributed by atoms with Gasteiger partial charge in [-0.05, 0) is 39.3 Å². The average molecular weight is 358 g/mol. The molecule has 6 nitrogen and oxygen atoms in total. The van der Waals surface area contributed by atoms with Crippen molar-refractivity contribution in [1.82, 2.24) is 20.3 Å². The van der Waals surface area contributed by atoms with Gasteiger partial charge in [-0.3, -0.25) is 4.79 Å². The third-order valence-corrected chi connectivity index (χ3v) is 4.86. The van der Waals surface area contributed by atoms with Crippen LogP contribution in [-0.2, 0) is 16.1 Å². The number of amides is 1. The summed E-state index contributed by atoms with van der Waals surface area (Å²) in [7, 11) is 0. The predicted molar refractivity (Wildman–Crippen MR) is 98.6 cm³/mol. The second kappa shape index (κ2) is 7.33. The van der Waals surface area contributed by atoms with Gasteiger partial charge in [0.1, 0.15) is 19.0 Å². The Morgan fingerprint density at radius 1 is 1.32 bits per heavy atom. The van der Waals surface area contributed by atoms with E-state index in [1.165, 1.54) is 0 Å². The maximum Gasteiger partial charge on any atom is 0.246 e. The number of thiazole rings is 1. The number of benzene rings is 1. The normalized spacial score (nSPS) is 12.5. The molecule has 0 saturated heterocycles. The monoisotopic (exact) mass is 358 g/mol. The fourth-order valence-electron chi connectivity index (χ4n) is 2.83. The van der Waals surface area contributed by atoms with E-state index in [0.717, 1.165) is 38.0 Å². The Balaban J connectivity index is 1.52. The molecule has 1 atom stereocenters. The number of ether oxygens (including phenoxy) is 1. The van der Waals surface area contributed by atoms with Crippen LogP contribution in [0.1, 0.15) is 39.9 Å². The first kappa shape index (κ1) is 17.6. The number of nitrogens with one attached hydrogen (secondary N) is 2. The summed E-state index contributed by atoms with van der Waals surface area (Å²) in [6.07, 6.45) is 0. The zero-order chi connectivity index (χ0) is 18.0. The molecule has 25 heavy (non-hydrogen) atoms. The van der Waals surface area contributed by atoms with E-state index in [2.05, 4.69) is 20.3 Å². The lowest BCUT2D eigenvalue weighted by molar-refractivity contribution is -0.126. The molecule has 7 heteroatoms. The number of imidazole rings is 1. The lowest BCUT2D eigenvalue weighted by Crippen LogP contribution is -2.30. The van der Waals surface area contributed by atoms with Crippen LogP contribution in [0, 0.1) is 20.8 Å². The molecule has 0 aliphatic rings. The molecule has 0 radical (unpaired) electrons. The van der Waals surface area contributed by atoms with E-state index in [0.29, 0.717) is 0 Å². The molecular formula is C18H22N4O2S. The number of para-hydroxylation sites is 1. The molecule has 3 rings (SSSR count). The van der Waals surface area contributed by atoms with Gasteiger partial charge in [0.15, 0.2) is 0 Å². The quantitative estimate of drug-likeness (QED) is 0.708. The number of aromatic amines is 1. The van der Waals surface area contributed by atoms with Gasteiger partial charge < -0.3 is 15.0 Å². The highest BCUT2D eigenvalue weighted by Crippen LogP contribution is 2.22. The smallest absolute Gasteiger partial charge is 0.246 e. The Morgan fingerprint density at radius 2 is 2.12 bits per heavy atom. The van der Waals surface area contributed by atoms with Crippen LogP contribution in [0.15, 0.2) is 18.2 Å². The molecule has 0 aliphatic carbocycles. The number of carbonyl (C=O) groups excluding carboxylic acids is 1. The number of rotatable bonds is 6. The van der Waals surface area contributed by atoms with Crippen LogP contribution in [0.2, 0.25) is 0 Å². The molecular weight excluding hydrogens is 336 g/mol. The second-order valence-electron chi connectivity index (χ2n) is 6.11. The lowest BCUT2D eigenvalue weighted by Gasteiger charge is -2.12. The molecule has 0 fully saturated rings. The molecule has 3 aromatic rings. The SMILES string of the molecule is Cc1nc(C(C)NC(=O)COCc2nc3c(C)cccc3[nH]2)c(C)s1. The van der Waals surface area contributed by atoms with Crippen molar-refractivity contribution in [2.45, 2.75) is 40.3 Å². The third-order valence-electron chi connectivity index (χ3n) is 3.96. The van der Waals surface area contributed by atoms with Gasteiger partial charge in [0.2, 0.25) is 5.91 Å². The largest absolute Gasteiger partial charge is 0.364 e. The first-order chi connectivity index (χ1) is 11.9. The van der Waals surface area contributed by atoms with Crippen molar-refractivity contribution >= 4 is 28.3 Å². The van der Waals surface area contributed by atoms with Gasteiger partial charge in [-0.1, -0.05) is 12.1 Å². The lowest BCUT2D eigenvalue weighted by atomic mass is 10.2. The van der Waals surface area contributed by atoms with Crippen molar-refractivity contribution in [2.75, 3.05) is 6.61 Å². The molecule has 0 saturated carbocycles. The van der Waals surface area contributed by atoms with E-state index < -0.39 is 0 Å². The molecule has 1 aromatic carbocycles. The molecule has 0 aliphatic heterocycles. The molecule has 2 heterocycles. The number of hydrogen-bond donors (Lipinski definition) is 2. The molecule has 0 bridgehead atoms. The van der Waals surface area contributed by atoms with Gasteiger partial charge in [0.25, 0.3) is 0 Å². The molecule has 1 amide bonds. The summed E-state index contributed by atoms with van der Waals surface area (Å²) in [5.41, 5.74) is 3.95. The Hall–Kier alpha value is -2.25. The van der Waals surface area contributed by atoms with Crippen LogP contribution < -0.4 is 5.32 Å². The van der Waals surface area contributed by atoms with Crippen molar-refractivity contribution in [3.8, 4) is 0 Å². The second-order valence-corrected chi connectivity index (χ2v) is 7.52. The van der Waals surface area contributed by atoms with Crippen LogP contribution in [-0.4, -0.2) is 27.5 Å². The van der Waals surface area contributed by atoms with E-state index in [4.69, 9.17) is 4.74 Å². The number of hydrogen-bond acceptors (Lipinski definition) is 5. The van der Waals surface area contributed by atoms with Crippen molar-refractivity contribution < 1.29 is 9.53 Å². The number of carbonyl (C=O) groups is 1. The molecule has 0 spiro atoms. The van der Waals surface area contributed by atoms with Crippen LogP contribution in [0.3, 0.4) is 0 Å². The topological polar surface area (TPSA) is 79.9 Å². The van der Waals surface area contributed by atoms with Crippen LogP contribution in [0.5, 0.6) is 0 Å². The van der Waals surface area contributed by atoms with E-state index in [1.54, 1.807) is 11.3 Å². The number of fused-ring (bicyclic) bond motifs is 1. The van der Waals surface area contributed by atoms with E-state index in [-0.39, 0.29) is 25.2 Å². The Bertz CT molecular complexity index is 900. The van der Waals surface area contributed by atoms with Crippen LogP contribution >= 0.6 is 11.3 Å². The number of nitrogens with zero attached hydrogens (tertiary/aromatic N) is 2. The van der Waals surface area contributed by atoms with E-state index in [9.17, 15) is 4.79 Å². The summed E-state index contributed by atoms with van der Waals surface area (Å²) in [5, 5.41) is 3.93. The van der Waals surface area contributed by atoms with Crippen LogP contribution in [0.25, 0.3) is 11.0 Å². The van der Waals surface area contributed by atoms with Crippen LogP contribution in [0.4, 0.5) is 0 Å². The highest BCUT2D eigenvalue weighted by molar-refractivity contribution is 7.11. The summed E-state index contributed by atoms with van der Waals surface area (Å²) in [6, 6.07) is 5.85. The van der Waals surface area contributed by atoms with Gasteiger partial charge in [-0.2, -0.15) is 0 Å². The fraction of sp³-hybridized carbons (Fsp3) is 0.389. The highest BCUT2D eigenvalue weighted by Gasteiger charge is 2.15. The standard InChI is InChI=1S/C18H22N4O2S/c1-10-6-5-7-14-17(10)22-15(21-14)8-24-9-16(23)19-11(2)18-12(3)25-13(4)20-18/h5-7,11H,8-9H2,1-4H3,(H,19,23)(H,21,22). The molecule has 2 N–H and O–H groups in total. The summed E-state index contributed by atoms with van der Waals surface area (Å²) in [4.78, 5) is 25.4. The Kier molecular flexibility index (Phi) is 5.15. The van der Waals surface area contributed by atoms with Gasteiger partial charge >= 0.3 is 0 Å². The summed E-state index contributed by atoms with van der Waals surface area (Å²) in [6.45, 7) is 8.19. The van der Waals surface area contributed by atoms with Gasteiger partial charge in [0, 0.05) is 4.88 Å². The summed E-state index contributed by atoms with van der Waals surface area (Å²) < 4.78 is 5.50. The van der Waals surface area contributed by atoms with Gasteiger partial charge in [0.05, 0.1) is 27.8 Å². The minimum atomic E-state index is -0.162. The first-order valence-electron chi connectivity index (χ1n) is 8.19. The summed E-state index contributed by atoms with van der Waals surface area (Å²) in [5.74, 6) is 0.556. The molecule has 132 valence electrons. The molecule has 2 aromatic heterocycles. The average Bonchev–Trinajstić information content (AvgIpc) is 3.11. The number of aromatic nitrogens is 3. The van der Waals surface area contributed by atoms with Crippen molar-refractivity contribution in [2.24, 2.45) is 0 Å². The minimum Gasteiger partial charge on any atom is -0.364 e. The fourth-order valence-corrected chi connectivity index (χ4v) is 3.75. The summed E-state index contributed by atoms with van der Waals surface area (Å²) >= 11 is 1.64. The zero-order valence-electron chi connectivity index (χ0n) is 14.8. The maximum absolute atomic E-state index is 12.1. The molecule has 1 unspecified atom stereocenters. The van der Waals surface area contributed by atoms with Gasteiger partial charge in [-0.15, -0.1) is 11.3 Å². The van der Waals surface area contributed by atoms with E-state index >= 15 is 0 Å². The zero-order valence-corrected chi connectivity index (χ0v) is 15.7. The Labute approximate surface area is 150 Å². The highest BCUT2D eigenvalue weighted by atomic mass is 32.1. The van der Waals surface area contributed by atoms with Gasteiger partial charge in [-0.25, -0.2) is 9.97 Å². The van der Waals surface area contributed by atoms with Crippen molar-refractivity contribution in [3.05, 3.63) is 45.2 Å². The first-order valence-corrected chi connectivity index (χ1v) is 9.01. The van der Waals surface area contributed by atoms with Crippen molar-refractivity contribution in [3.63, 3.8) is 0 Å². The Morgan fingerprint density at radius 3 is 2.80 bits per heavy atom. The maximum atomic E-state index is 12.1.